The Morgan fingerprint density at radius 1 is 0.900 bits per heavy atom. The number of aliphatic hydroxyl groups excluding tert-OH is 2. The number of amides is 1. The first-order valence-corrected chi connectivity index (χ1v) is 25.7. The molecule has 70 heavy (non-hydrogen) atoms. The number of aliphatic hydroxyl groups is 2. The standard InChI is InChI=1S/C56H70N2O12/c1-3-27-67-56-51(58(52(62)24-18-37-12-4-5-13-37)34-38-17-21-49-50(29-38)66-36-65-49)33-46(57-70-53-16-8-11-28-64-53)44-31-39(14-6-9-25-59)43(15-7-10-26-60)54(55(44)56)45-32-42(20-23-48(45)69-56)68-41-19-22-47(63-2)40(30-41)35-61/h3,17,19-23,29-32,35,37,39,43,51,53-55,59-60H,1,4-16,18,24-28,33-34,36H2,2H3/t39-,43+,51-,53?,54+,55+,56+/m0/s1. The third-order valence-corrected chi connectivity index (χ3v) is 15.4. The SMILES string of the molecule is C=CCO[C@@]12Oc3ccc(Oc4ccc(OC)c(C=O)c4)cc3[C@H]3[C@H](CCCCO)[C@@H](CCCCO)C=C(C(=NOC4CCCCO4)C[C@@H]1N(Cc1ccc4c(c1)OCO4)C(=O)CCC1CCCC1)[C@H]32. The van der Waals surface area contributed by atoms with Crippen LogP contribution in [0.4, 0.5) is 0 Å². The summed E-state index contributed by atoms with van der Waals surface area (Å²) in [6.45, 7) is 5.39. The Hall–Kier alpha value is -5.41. The Labute approximate surface area is 411 Å². The van der Waals surface area contributed by atoms with Crippen molar-refractivity contribution in [1.29, 1.82) is 0 Å². The summed E-state index contributed by atoms with van der Waals surface area (Å²) in [4.78, 5) is 35.8. The molecule has 6 aliphatic rings. The van der Waals surface area contributed by atoms with Crippen molar-refractivity contribution in [2.75, 3.05) is 40.3 Å². The van der Waals surface area contributed by atoms with Gasteiger partial charge in [0.05, 0.1) is 37.5 Å². The maximum atomic E-state index is 15.4. The minimum absolute atomic E-state index is 0.000483. The van der Waals surface area contributed by atoms with Crippen molar-refractivity contribution in [2.45, 2.75) is 133 Å². The summed E-state index contributed by atoms with van der Waals surface area (Å²) in [5.74, 6) is 1.69. The highest BCUT2D eigenvalue weighted by molar-refractivity contribution is 6.03. The highest BCUT2D eigenvalue weighted by Gasteiger charge is 2.65. The lowest BCUT2D eigenvalue weighted by molar-refractivity contribution is -0.258. The van der Waals surface area contributed by atoms with Gasteiger partial charge in [-0.15, -0.1) is 6.58 Å². The molecule has 0 spiro atoms. The fourth-order valence-corrected chi connectivity index (χ4v) is 12.0. The quantitative estimate of drug-likeness (QED) is 0.0401. The van der Waals surface area contributed by atoms with E-state index >= 15 is 4.79 Å². The molecule has 3 aliphatic carbocycles. The van der Waals surface area contributed by atoms with Gasteiger partial charge in [0, 0.05) is 50.5 Å². The Kier molecular flexibility index (Phi) is 16.4. The Bertz CT molecular complexity index is 2360. The number of ether oxygens (including phenoxy) is 7. The number of methoxy groups -OCH3 is 1. The molecule has 3 aromatic rings. The minimum Gasteiger partial charge on any atom is -0.496 e. The maximum Gasteiger partial charge on any atom is 0.239 e. The van der Waals surface area contributed by atoms with Crippen LogP contribution in [0.3, 0.4) is 0 Å². The summed E-state index contributed by atoms with van der Waals surface area (Å²) >= 11 is 0. The van der Waals surface area contributed by atoms with Crippen molar-refractivity contribution in [3.05, 3.63) is 95.6 Å². The second kappa shape index (κ2) is 23.2. The van der Waals surface area contributed by atoms with E-state index in [2.05, 4.69) is 12.7 Å². The molecule has 14 heteroatoms. The zero-order chi connectivity index (χ0) is 48.5. The Balaban J connectivity index is 1.22. The monoisotopic (exact) mass is 962 g/mol. The predicted octanol–water partition coefficient (Wildman–Crippen LogP) is 10.2. The fourth-order valence-electron chi connectivity index (χ4n) is 12.0. The summed E-state index contributed by atoms with van der Waals surface area (Å²) in [5.41, 5.74) is 3.82. The molecular weight excluding hydrogens is 893 g/mol. The normalized spacial score (nSPS) is 26.1. The molecule has 0 aromatic heterocycles. The van der Waals surface area contributed by atoms with Crippen LogP contribution in [0.5, 0.6) is 34.5 Å². The lowest BCUT2D eigenvalue weighted by Crippen LogP contribution is -2.70. The third-order valence-electron chi connectivity index (χ3n) is 15.4. The van der Waals surface area contributed by atoms with Crippen LogP contribution in [-0.4, -0.2) is 91.5 Å². The molecule has 7 atom stereocenters. The van der Waals surface area contributed by atoms with Gasteiger partial charge in [-0.2, -0.15) is 0 Å². The predicted molar refractivity (Wildman–Crippen MR) is 262 cm³/mol. The summed E-state index contributed by atoms with van der Waals surface area (Å²) in [5, 5.41) is 25.2. The van der Waals surface area contributed by atoms with Gasteiger partial charge in [0.25, 0.3) is 0 Å². The molecule has 3 heterocycles. The van der Waals surface area contributed by atoms with E-state index in [0.29, 0.717) is 84.0 Å². The second-order valence-electron chi connectivity index (χ2n) is 19.7. The fraction of sp³-hybridized carbons (Fsp3) is 0.554. The van der Waals surface area contributed by atoms with Crippen LogP contribution in [0.25, 0.3) is 0 Å². The second-order valence-corrected chi connectivity index (χ2v) is 19.7. The van der Waals surface area contributed by atoms with E-state index in [0.717, 1.165) is 80.8 Å². The first kappa shape index (κ1) is 49.6. The van der Waals surface area contributed by atoms with Crippen LogP contribution in [0.1, 0.15) is 130 Å². The van der Waals surface area contributed by atoms with Crippen LogP contribution >= 0.6 is 0 Å². The average Bonchev–Trinajstić information content (AvgIpc) is 4.10. The largest absolute Gasteiger partial charge is 0.496 e. The highest BCUT2D eigenvalue weighted by atomic mass is 16.8. The first-order valence-electron chi connectivity index (χ1n) is 25.7. The van der Waals surface area contributed by atoms with Gasteiger partial charge in [-0.05, 0) is 122 Å². The van der Waals surface area contributed by atoms with E-state index in [1.54, 1.807) is 24.3 Å². The zero-order valence-corrected chi connectivity index (χ0v) is 40.6. The molecule has 0 radical (unpaired) electrons. The van der Waals surface area contributed by atoms with Gasteiger partial charge < -0.3 is 53.1 Å². The van der Waals surface area contributed by atoms with Crippen molar-refractivity contribution < 1.29 is 57.8 Å². The lowest BCUT2D eigenvalue weighted by Gasteiger charge is -2.60. The van der Waals surface area contributed by atoms with E-state index in [1.807, 2.05) is 41.3 Å². The van der Waals surface area contributed by atoms with Gasteiger partial charge >= 0.3 is 0 Å². The lowest BCUT2D eigenvalue weighted by atomic mass is 9.55. The van der Waals surface area contributed by atoms with Crippen molar-refractivity contribution in [3.63, 3.8) is 0 Å². The number of unbranched alkanes of at least 4 members (excludes halogenated alkanes) is 2. The number of allylic oxidation sites excluding steroid dienone is 1. The molecule has 376 valence electrons. The molecule has 3 aromatic carbocycles. The molecule has 14 nitrogen and oxygen atoms in total. The summed E-state index contributed by atoms with van der Waals surface area (Å²) in [6, 6.07) is 16.1. The van der Waals surface area contributed by atoms with E-state index in [4.69, 9.17) is 43.2 Å². The molecule has 2 N–H and O–H groups in total. The van der Waals surface area contributed by atoms with Gasteiger partial charge in [0.2, 0.25) is 24.8 Å². The van der Waals surface area contributed by atoms with E-state index in [9.17, 15) is 15.0 Å². The van der Waals surface area contributed by atoms with Crippen LogP contribution in [0.15, 0.2) is 84.1 Å². The number of benzene rings is 3. The Morgan fingerprint density at radius 2 is 1.67 bits per heavy atom. The van der Waals surface area contributed by atoms with Gasteiger partial charge in [-0.3, -0.25) is 9.59 Å². The van der Waals surface area contributed by atoms with Crippen molar-refractivity contribution in [2.24, 2.45) is 28.8 Å². The van der Waals surface area contributed by atoms with Crippen LogP contribution in [0, 0.1) is 23.7 Å². The first-order chi connectivity index (χ1) is 34.4. The molecule has 3 aliphatic heterocycles. The number of carbonyl (C=O) groups excluding carboxylic acids is 2. The highest BCUT2D eigenvalue weighted by Crippen LogP contribution is 2.62. The van der Waals surface area contributed by atoms with Gasteiger partial charge in [0.15, 0.2) is 17.8 Å². The van der Waals surface area contributed by atoms with Gasteiger partial charge in [-0.25, -0.2) is 0 Å². The van der Waals surface area contributed by atoms with E-state index in [-0.39, 0.29) is 63.2 Å². The molecule has 1 saturated heterocycles. The number of hydrogen-bond acceptors (Lipinski definition) is 13. The summed E-state index contributed by atoms with van der Waals surface area (Å²) in [6.07, 6.45) is 17.5. The van der Waals surface area contributed by atoms with Crippen molar-refractivity contribution in [3.8, 4) is 34.5 Å². The van der Waals surface area contributed by atoms with Crippen LogP contribution in [0.2, 0.25) is 0 Å². The van der Waals surface area contributed by atoms with Crippen LogP contribution in [-0.2, 0) is 25.7 Å². The summed E-state index contributed by atoms with van der Waals surface area (Å²) < 4.78 is 44.5. The Morgan fingerprint density at radius 3 is 2.44 bits per heavy atom. The molecule has 2 saturated carbocycles. The molecule has 0 bridgehead atoms. The molecule has 9 rings (SSSR count). The molecular formula is C56H70N2O12. The third kappa shape index (κ3) is 10.8. The minimum atomic E-state index is -1.44. The topological polar surface area (TPSA) is 164 Å². The number of oxime groups is 1. The smallest absolute Gasteiger partial charge is 0.239 e. The average molecular weight is 963 g/mol. The molecule has 1 unspecified atom stereocenters. The summed E-state index contributed by atoms with van der Waals surface area (Å²) in [7, 11) is 1.52. The molecule has 3 fully saturated rings. The van der Waals surface area contributed by atoms with Crippen molar-refractivity contribution >= 4 is 17.9 Å². The van der Waals surface area contributed by atoms with Gasteiger partial charge in [-0.1, -0.05) is 61.9 Å². The number of aldehydes is 1. The number of nitrogens with zero attached hydrogens (tertiary/aromatic N) is 2. The maximum absolute atomic E-state index is 15.4. The van der Waals surface area contributed by atoms with Crippen molar-refractivity contribution in [1.82, 2.24) is 4.90 Å². The van der Waals surface area contributed by atoms with E-state index < -0.39 is 24.0 Å². The zero-order valence-electron chi connectivity index (χ0n) is 40.6. The van der Waals surface area contributed by atoms with E-state index in [1.165, 1.54) is 20.0 Å². The van der Waals surface area contributed by atoms with Gasteiger partial charge in [0.1, 0.15) is 29.0 Å². The number of fused-ring (bicyclic) bond motifs is 3. The van der Waals surface area contributed by atoms with Crippen LogP contribution < -0.4 is 23.7 Å². The number of rotatable bonds is 23. The number of hydrogen-bond donors (Lipinski definition) is 2. The number of carbonyl (C=O) groups is 2. The molecule has 1 amide bonds.